The van der Waals surface area contributed by atoms with Gasteiger partial charge in [0.15, 0.2) is 0 Å². The fourth-order valence-corrected chi connectivity index (χ4v) is 6.72. The van der Waals surface area contributed by atoms with Crippen molar-refractivity contribution in [2.45, 2.75) is 41.9 Å². The smallest absolute Gasteiger partial charge is 0.420 e. The van der Waals surface area contributed by atoms with Crippen LogP contribution in [0.25, 0.3) is 0 Å². The summed E-state index contributed by atoms with van der Waals surface area (Å²) in [4.78, 5) is 29.4. The lowest BCUT2D eigenvalue weighted by Gasteiger charge is -2.32. The first kappa shape index (κ1) is 33.6. The predicted octanol–water partition coefficient (Wildman–Crippen LogP) is 6.82. The number of ether oxygens (including phenoxy) is 2. The van der Waals surface area contributed by atoms with Crippen LogP contribution in [0.2, 0.25) is 5.02 Å². The Bertz CT molecular complexity index is 1560. The second-order valence-corrected chi connectivity index (χ2v) is 12.6. The van der Waals surface area contributed by atoms with E-state index in [1.807, 2.05) is 84.9 Å². The van der Waals surface area contributed by atoms with Crippen molar-refractivity contribution in [2.75, 3.05) is 30.9 Å². The molecule has 0 spiro atoms. The van der Waals surface area contributed by atoms with Gasteiger partial charge in [0.25, 0.3) is 5.91 Å². The highest BCUT2D eigenvalue weighted by Crippen LogP contribution is 2.32. The highest BCUT2D eigenvalue weighted by molar-refractivity contribution is 7.99. The van der Waals surface area contributed by atoms with E-state index in [0.29, 0.717) is 24.5 Å². The summed E-state index contributed by atoms with van der Waals surface area (Å²) in [6.45, 7) is 1.31. The molecule has 1 aliphatic rings. The number of morpholine rings is 1. The minimum atomic E-state index is -1.18. The highest BCUT2D eigenvalue weighted by atomic mass is 35.5. The van der Waals surface area contributed by atoms with Gasteiger partial charge < -0.3 is 20.5 Å². The van der Waals surface area contributed by atoms with E-state index in [2.05, 4.69) is 5.32 Å². The van der Waals surface area contributed by atoms with Gasteiger partial charge >= 0.3 is 6.09 Å². The van der Waals surface area contributed by atoms with Gasteiger partial charge in [0.2, 0.25) is 0 Å². The Morgan fingerprint density at radius 1 is 0.957 bits per heavy atom. The van der Waals surface area contributed by atoms with Gasteiger partial charge in [0.1, 0.15) is 5.82 Å². The molecule has 1 aliphatic heterocycles. The topological polar surface area (TPSA) is 93.9 Å². The molecule has 4 aromatic rings. The Hall–Kier alpha value is -3.73. The van der Waals surface area contributed by atoms with Crippen molar-refractivity contribution >= 4 is 41.1 Å². The van der Waals surface area contributed by atoms with Crippen LogP contribution in [0.3, 0.4) is 0 Å². The van der Waals surface area contributed by atoms with Gasteiger partial charge in [-0.05, 0) is 60.4 Å². The zero-order chi connectivity index (χ0) is 32.5. The molecule has 10 heteroatoms. The van der Waals surface area contributed by atoms with Gasteiger partial charge in [-0.2, -0.15) is 0 Å². The minimum Gasteiger partial charge on any atom is -0.452 e. The molecule has 46 heavy (non-hydrogen) atoms. The van der Waals surface area contributed by atoms with Crippen LogP contribution in [0.15, 0.2) is 108 Å². The monoisotopic (exact) mass is 661 g/mol. The third-order valence-corrected chi connectivity index (χ3v) is 9.36. The summed E-state index contributed by atoms with van der Waals surface area (Å²) in [5, 5.41) is 4.10. The van der Waals surface area contributed by atoms with Crippen LogP contribution in [0.4, 0.5) is 14.9 Å². The molecule has 7 nitrogen and oxygen atoms in total. The number of nitrogens with one attached hydrogen (secondary N) is 1. The van der Waals surface area contributed by atoms with Crippen molar-refractivity contribution in [3.8, 4) is 0 Å². The van der Waals surface area contributed by atoms with Crippen molar-refractivity contribution in [1.82, 2.24) is 5.32 Å². The van der Waals surface area contributed by atoms with Crippen molar-refractivity contribution in [2.24, 2.45) is 5.73 Å². The number of thioether (sulfide) groups is 1. The van der Waals surface area contributed by atoms with Crippen LogP contribution in [0.1, 0.15) is 29.0 Å². The molecule has 2 amide bonds. The molecule has 3 atom stereocenters. The number of anilines is 1. The SMILES string of the molecule is COC(=O)N(C(=O)[C@@H](N)C(c1ccccc1)c1ccccc1)c1cccc(F)c1CC[C@@H]1CNC[C@@H](CSc2ccc(Cl)cc2)O1. The van der Waals surface area contributed by atoms with Crippen LogP contribution < -0.4 is 16.0 Å². The molecule has 0 unspecified atom stereocenters. The molecule has 0 bridgehead atoms. The third kappa shape index (κ3) is 8.34. The van der Waals surface area contributed by atoms with Crippen LogP contribution in [-0.4, -0.2) is 56.2 Å². The fraction of sp³-hybridized carbons (Fsp3) is 0.278. The van der Waals surface area contributed by atoms with Crippen molar-refractivity contribution in [3.63, 3.8) is 0 Å². The van der Waals surface area contributed by atoms with Gasteiger partial charge in [0.05, 0.1) is 31.0 Å². The molecule has 1 heterocycles. The predicted molar refractivity (Wildman–Crippen MR) is 181 cm³/mol. The van der Waals surface area contributed by atoms with E-state index in [4.69, 9.17) is 26.8 Å². The van der Waals surface area contributed by atoms with E-state index in [-0.39, 0.29) is 29.9 Å². The van der Waals surface area contributed by atoms with E-state index < -0.39 is 29.8 Å². The quantitative estimate of drug-likeness (QED) is 0.170. The van der Waals surface area contributed by atoms with E-state index in [9.17, 15) is 9.59 Å². The fourth-order valence-electron chi connectivity index (χ4n) is 5.69. The van der Waals surface area contributed by atoms with E-state index in [1.165, 1.54) is 19.2 Å². The number of hydrogen-bond donors (Lipinski definition) is 2. The van der Waals surface area contributed by atoms with Crippen molar-refractivity contribution in [3.05, 3.63) is 131 Å². The number of nitrogens with two attached hydrogens (primary N) is 1. The maximum absolute atomic E-state index is 15.5. The molecule has 0 saturated carbocycles. The average molecular weight is 662 g/mol. The average Bonchev–Trinajstić information content (AvgIpc) is 3.09. The van der Waals surface area contributed by atoms with Crippen LogP contribution in [0, 0.1) is 5.82 Å². The summed E-state index contributed by atoms with van der Waals surface area (Å²) >= 11 is 7.69. The van der Waals surface area contributed by atoms with Gasteiger partial charge in [-0.3, -0.25) is 4.79 Å². The number of halogens is 2. The zero-order valence-electron chi connectivity index (χ0n) is 25.5. The standard InChI is InChI=1S/C36H37ClFN3O4S/c1-44-36(43)41(35(42)34(39)33(24-9-4-2-5-10-24)25-11-6-3-7-12-25)32-14-8-13-31(38)30(32)20-17-27-21-40-22-28(45-27)23-46-29-18-15-26(37)16-19-29/h2-16,18-19,27-28,33-34,40H,17,20-23,39H2,1H3/t27-,28+,34+/m1/s1. The lowest BCUT2D eigenvalue weighted by atomic mass is 9.84. The summed E-state index contributed by atoms with van der Waals surface area (Å²) in [6, 6.07) is 29.6. The Morgan fingerprint density at radius 2 is 1.59 bits per heavy atom. The summed E-state index contributed by atoms with van der Waals surface area (Å²) in [6.07, 6.45) is -0.486. The Balaban J connectivity index is 1.35. The molecule has 0 aliphatic carbocycles. The second-order valence-electron chi connectivity index (χ2n) is 11.0. The van der Waals surface area contributed by atoms with Crippen molar-refractivity contribution < 1.29 is 23.5 Å². The Labute approximate surface area is 278 Å². The van der Waals surface area contributed by atoms with E-state index in [0.717, 1.165) is 26.7 Å². The van der Waals surface area contributed by atoms with Gasteiger partial charge in [0, 0.05) is 40.2 Å². The Morgan fingerprint density at radius 3 is 2.22 bits per heavy atom. The van der Waals surface area contributed by atoms with E-state index >= 15 is 4.39 Å². The minimum absolute atomic E-state index is 0.0430. The number of nitrogens with zero attached hydrogens (tertiary/aromatic N) is 1. The molecular formula is C36H37ClFN3O4S. The normalized spacial score (nSPS) is 17.0. The Kier molecular flexibility index (Phi) is 11.8. The maximum atomic E-state index is 15.5. The summed E-state index contributed by atoms with van der Waals surface area (Å²) in [7, 11) is 1.18. The third-order valence-electron chi connectivity index (χ3n) is 7.97. The summed E-state index contributed by atoms with van der Waals surface area (Å²) in [5.74, 6) is -1.06. The molecular weight excluding hydrogens is 625 g/mol. The van der Waals surface area contributed by atoms with Crippen molar-refractivity contribution in [1.29, 1.82) is 0 Å². The summed E-state index contributed by atoms with van der Waals surface area (Å²) in [5.41, 5.74) is 8.63. The van der Waals surface area contributed by atoms with Gasteiger partial charge in [-0.1, -0.05) is 78.3 Å². The number of hydrogen-bond acceptors (Lipinski definition) is 7. The van der Waals surface area contributed by atoms with Gasteiger partial charge in [-0.15, -0.1) is 11.8 Å². The number of imide groups is 1. The number of methoxy groups -OCH3 is 1. The summed E-state index contributed by atoms with van der Waals surface area (Å²) < 4.78 is 26.9. The lowest BCUT2D eigenvalue weighted by Crippen LogP contribution is -2.50. The molecule has 1 fully saturated rings. The molecule has 240 valence electrons. The zero-order valence-corrected chi connectivity index (χ0v) is 27.1. The second kappa shape index (κ2) is 16.2. The van der Waals surface area contributed by atoms with Crippen LogP contribution >= 0.6 is 23.4 Å². The first-order valence-corrected chi connectivity index (χ1v) is 16.5. The van der Waals surface area contributed by atoms with Gasteiger partial charge in [-0.25, -0.2) is 14.1 Å². The molecule has 3 N–H and O–H groups in total. The molecule has 1 saturated heterocycles. The first-order chi connectivity index (χ1) is 22.4. The van der Waals surface area contributed by atoms with E-state index in [1.54, 1.807) is 17.8 Å². The van der Waals surface area contributed by atoms with Crippen LogP contribution in [-0.2, 0) is 20.7 Å². The maximum Gasteiger partial charge on any atom is 0.420 e. The number of amides is 2. The number of carbonyl (C=O) groups is 2. The highest BCUT2D eigenvalue weighted by Gasteiger charge is 2.37. The number of carbonyl (C=O) groups excluding carboxylic acids is 2. The molecule has 0 aromatic heterocycles. The first-order valence-electron chi connectivity index (χ1n) is 15.1. The number of benzene rings is 4. The lowest BCUT2D eigenvalue weighted by molar-refractivity contribution is -0.119. The largest absolute Gasteiger partial charge is 0.452 e. The number of rotatable bonds is 11. The molecule has 5 rings (SSSR count). The van der Waals surface area contributed by atoms with Crippen LogP contribution in [0.5, 0.6) is 0 Å². The molecule has 4 aromatic carbocycles. The molecule has 0 radical (unpaired) electrons.